The topological polar surface area (TPSA) is 87.2 Å². The molecule has 0 radical (unpaired) electrons. The lowest BCUT2D eigenvalue weighted by Gasteiger charge is -2.14. The second-order valence-corrected chi connectivity index (χ2v) is 9.38. The van der Waals surface area contributed by atoms with Gasteiger partial charge in [0.15, 0.2) is 5.78 Å². The van der Waals surface area contributed by atoms with Crippen molar-refractivity contribution in [2.45, 2.75) is 40.2 Å². The second kappa shape index (κ2) is 8.58. The SMILES string of the molecule is Cc1cc(C)cc(-n2c(C)cc(C(=O)CN3C(=O)N[C@H](Cc4c[nH]c5ccccc45)C3=O)c2C)c1. The van der Waals surface area contributed by atoms with E-state index in [1.54, 1.807) is 0 Å². The van der Waals surface area contributed by atoms with Crippen LogP contribution in [0, 0.1) is 27.7 Å². The minimum absolute atomic E-state index is 0.259. The number of H-pyrrole nitrogens is 1. The Hall–Kier alpha value is -4.13. The number of aromatic amines is 1. The molecular weight excluding hydrogens is 440 g/mol. The number of carbonyl (C=O) groups is 3. The quantitative estimate of drug-likeness (QED) is 0.322. The number of para-hydroxylation sites is 1. The third-order valence-electron chi connectivity index (χ3n) is 6.70. The fourth-order valence-electron chi connectivity index (χ4n) is 5.14. The Balaban J connectivity index is 1.35. The van der Waals surface area contributed by atoms with Crippen molar-refractivity contribution < 1.29 is 14.4 Å². The Labute approximate surface area is 203 Å². The molecule has 1 atom stereocenters. The Bertz CT molecular complexity index is 1470. The summed E-state index contributed by atoms with van der Waals surface area (Å²) >= 11 is 0. The minimum Gasteiger partial charge on any atom is -0.361 e. The lowest BCUT2D eigenvalue weighted by Crippen LogP contribution is -2.36. The monoisotopic (exact) mass is 468 g/mol. The summed E-state index contributed by atoms with van der Waals surface area (Å²) in [5.41, 5.74) is 7.43. The van der Waals surface area contributed by atoms with Gasteiger partial charge >= 0.3 is 6.03 Å². The van der Waals surface area contributed by atoms with Crippen molar-refractivity contribution >= 4 is 28.6 Å². The summed E-state index contributed by atoms with van der Waals surface area (Å²) in [6, 6.07) is 14.7. The lowest BCUT2D eigenvalue weighted by molar-refractivity contribution is -0.127. The number of rotatable bonds is 6. The number of amides is 3. The first-order valence-electron chi connectivity index (χ1n) is 11.7. The maximum atomic E-state index is 13.2. The van der Waals surface area contributed by atoms with E-state index < -0.39 is 12.1 Å². The number of hydrogen-bond donors (Lipinski definition) is 2. The normalized spacial score (nSPS) is 15.8. The molecule has 0 spiro atoms. The van der Waals surface area contributed by atoms with Crippen molar-refractivity contribution in [3.05, 3.63) is 88.4 Å². The first-order valence-corrected chi connectivity index (χ1v) is 11.7. The van der Waals surface area contributed by atoms with Crippen LogP contribution < -0.4 is 5.32 Å². The van der Waals surface area contributed by atoms with Gasteiger partial charge in [0.25, 0.3) is 5.91 Å². The van der Waals surface area contributed by atoms with E-state index in [1.165, 1.54) is 0 Å². The number of benzene rings is 2. The molecule has 2 N–H and O–H groups in total. The molecule has 1 fully saturated rings. The molecule has 3 heterocycles. The molecule has 3 amide bonds. The number of carbonyl (C=O) groups excluding carboxylic acids is 3. The maximum Gasteiger partial charge on any atom is 0.325 e. The van der Waals surface area contributed by atoms with E-state index in [9.17, 15) is 14.4 Å². The fraction of sp³-hybridized carbons (Fsp3) is 0.250. The molecular formula is C28H28N4O3. The number of fused-ring (bicyclic) bond motifs is 1. The van der Waals surface area contributed by atoms with Gasteiger partial charge in [-0.25, -0.2) is 4.79 Å². The summed E-state index contributed by atoms with van der Waals surface area (Å²) in [5.74, 6) is -0.637. The number of aromatic nitrogens is 2. The number of Topliss-reactive ketones (excluding diaryl/α,β-unsaturated/α-hetero) is 1. The third kappa shape index (κ3) is 4.03. The van der Waals surface area contributed by atoms with Crippen LogP contribution in [0.1, 0.15) is 38.4 Å². The highest BCUT2D eigenvalue weighted by atomic mass is 16.2. The summed E-state index contributed by atoms with van der Waals surface area (Å²) in [7, 11) is 0. The van der Waals surface area contributed by atoms with Crippen LogP contribution in [0.25, 0.3) is 16.6 Å². The fourth-order valence-corrected chi connectivity index (χ4v) is 5.14. The molecule has 0 saturated carbocycles. The molecule has 7 nitrogen and oxygen atoms in total. The van der Waals surface area contributed by atoms with E-state index in [1.807, 2.05) is 68.8 Å². The van der Waals surface area contributed by atoms with Gasteiger partial charge in [-0.2, -0.15) is 0 Å². The van der Waals surface area contributed by atoms with Crippen molar-refractivity contribution in [2.24, 2.45) is 0 Å². The molecule has 0 aliphatic carbocycles. The van der Waals surface area contributed by atoms with Crippen LogP contribution >= 0.6 is 0 Å². The number of aryl methyl sites for hydroxylation is 3. The molecule has 1 saturated heterocycles. The van der Waals surface area contributed by atoms with Gasteiger partial charge in [0.1, 0.15) is 6.04 Å². The van der Waals surface area contributed by atoms with E-state index >= 15 is 0 Å². The molecule has 7 heteroatoms. The molecule has 2 aromatic carbocycles. The van der Waals surface area contributed by atoms with Crippen LogP contribution in [0.4, 0.5) is 4.79 Å². The van der Waals surface area contributed by atoms with Crippen LogP contribution in [-0.4, -0.2) is 44.8 Å². The average Bonchev–Trinajstić information content (AvgIpc) is 3.43. The van der Waals surface area contributed by atoms with Gasteiger partial charge in [0.2, 0.25) is 0 Å². The first kappa shape index (κ1) is 22.7. The molecule has 1 aliphatic rings. The number of nitrogens with zero attached hydrogens (tertiary/aromatic N) is 2. The molecule has 4 aromatic rings. The van der Waals surface area contributed by atoms with Crippen molar-refractivity contribution in [2.75, 3.05) is 6.54 Å². The molecule has 2 aromatic heterocycles. The zero-order valence-electron chi connectivity index (χ0n) is 20.3. The van der Waals surface area contributed by atoms with Crippen LogP contribution in [0.3, 0.4) is 0 Å². The first-order chi connectivity index (χ1) is 16.7. The Morgan fingerprint density at radius 2 is 1.69 bits per heavy atom. The number of imide groups is 1. The van der Waals surface area contributed by atoms with Crippen molar-refractivity contribution in [1.29, 1.82) is 0 Å². The highest BCUT2D eigenvalue weighted by molar-refractivity contribution is 6.09. The summed E-state index contributed by atoms with van der Waals surface area (Å²) < 4.78 is 2.04. The van der Waals surface area contributed by atoms with Crippen molar-refractivity contribution in [3.8, 4) is 5.69 Å². The number of nitrogens with one attached hydrogen (secondary N) is 2. The molecule has 35 heavy (non-hydrogen) atoms. The smallest absolute Gasteiger partial charge is 0.325 e. The summed E-state index contributed by atoms with van der Waals surface area (Å²) in [5, 5.41) is 3.77. The predicted octanol–water partition coefficient (Wildman–Crippen LogP) is 4.54. The van der Waals surface area contributed by atoms with Crippen LogP contribution in [0.15, 0.2) is 54.7 Å². The van der Waals surface area contributed by atoms with Crippen molar-refractivity contribution in [1.82, 2.24) is 19.8 Å². The van der Waals surface area contributed by atoms with Crippen molar-refractivity contribution in [3.63, 3.8) is 0 Å². The van der Waals surface area contributed by atoms with Gasteiger partial charge in [-0.1, -0.05) is 24.3 Å². The molecule has 0 bridgehead atoms. The second-order valence-electron chi connectivity index (χ2n) is 9.38. The summed E-state index contributed by atoms with van der Waals surface area (Å²) in [4.78, 5) is 43.2. The zero-order chi connectivity index (χ0) is 24.9. The molecule has 0 unspecified atom stereocenters. The van der Waals surface area contributed by atoms with Gasteiger partial charge in [-0.15, -0.1) is 0 Å². The maximum absolute atomic E-state index is 13.2. The number of hydrogen-bond acceptors (Lipinski definition) is 3. The average molecular weight is 469 g/mol. The van der Waals surface area contributed by atoms with E-state index in [-0.39, 0.29) is 18.2 Å². The number of urea groups is 1. The summed E-state index contributed by atoms with van der Waals surface area (Å²) in [6.07, 6.45) is 2.22. The van der Waals surface area contributed by atoms with Gasteiger partial charge in [-0.3, -0.25) is 14.5 Å². The zero-order valence-corrected chi connectivity index (χ0v) is 20.3. The third-order valence-corrected chi connectivity index (χ3v) is 6.70. The minimum atomic E-state index is -0.697. The predicted molar refractivity (Wildman–Crippen MR) is 135 cm³/mol. The van der Waals surface area contributed by atoms with Crippen LogP contribution in [-0.2, 0) is 11.2 Å². The van der Waals surface area contributed by atoms with Gasteiger partial charge in [-0.05, 0) is 68.7 Å². The highest BCUT2D eigenvalue weighted by Gasteiger charge is 2.39. The Morgan fingerprint density at radius 3 is 2.43 bits per heavy atom. The molecule has 5 rings (SSSR count). The highest BCUT2D eigenvalue weighted by Crippen LogP contribution is 2.25. The van der Waals surface area contributed by atoms with Gasteiger partial charge < -0.3 is 14.9 Å². The Kier molecular flexibility index (Phi) is 5.55. The molecule has 1 aliphatic heterocycles. The van der Waals surface area contributed by atoms with Gasteiger partial charge in [0.05, 0.1) is 6.54 Å². The summed E-state index contributed by atoms with van der Waals surface area (Å²) in [6.45, 7) is 7.64. The van der Waals surface area contributed by atoms with E-state index in [4.69, 9.17) is 0 Å². The van der Waals surface area contributed by atoms with Gasteiger partial charge in [0, 0.05) is 46.2 Å². The largest absolute Gasteiger partial charge is 0.361 e. The standard InChI is InChI=1S/C28H28N4O3/c1-16-9-17(2)11-21(10-16)32-18(3)12-23(19(32)4)26(33)15-31-27(34)25(30-28(31)35)13-20-14-29-24-8-6-5-7-22(20)24/h5-12,14,25,29H,13,15H2,1-4H3,(H,30,35)/t25-/m1/s1. The molecule has 178 valence electrons. The van der Waals surface area contributed by atoms with E-state index in [0.717, 1.165) is 49.6 Å². The van der Waals surface area contributed by atoms with E-state index in [2.05, 4.69) is 28.5 Å². The Morgan fingerprint density at radius 1 is 0.971 bits per heavy atom. The van der Waals surface area contributed by atoms with Crippen LogP contribution in [0.5, 0.6) is 0 Å². The van der Waals surface area contributed by atoms with E-state index in [0.29, 0.717) is 12.0 Å². The number of ketones is 1. The lowest BCUT2D eigenvalue weighted by atomic mass is 10.0. The van der Waals surface area contributed by atoms with Crippen LogP contribution in [0.2, 0.25) is 0 Å².